The summed E-state index contributed by atoms with van der Waals surface area (Å²) in [6, 6.07) is 0. The maximum Gasteiger partial charge on any atom is 0.306 e. The number of carbonyl (C=O) groups excluding carboxylic acids is 1. The fourth-order valence-electron chi connectivity index (χ4n) is 2.07. The SMILES string of the molecule is Cn1ncnc1NC(=O)C1CCC(C(=O)O)C1. The van der Waals surface area contributed by atoms with Gasteiger partial charge in [-0.25, -0.2) is 4.68 Å². The molecule has 1 saturated carbocycles. The predicted octanol–water partition coefficient (Wildman–Crippen LogP) is 0.254. The second-order valence-electron chi connectivity index (χ2n) is 4.24. The third-order valence-electron chi connectivity index (χ3n) is 3.10. The number of carboxylic acid groups (broad SMARTS) is 1. The number of nitrogens with zero attached hydrogens (tertiary/aromatic N) is 3. The second-order valence-corrected chi connectivity index (χ2v) is 4.24. The molecule has 0 aromatic carbocycles. The van der Waals surface area contributed by atoms with E-state index in [1.54, 1.807) is 7.05 Å². The minimum atomic E-state index is -0.820. The lowest BCUT2D eigenvalue weighted by Crippen LogP contribution is -2.23. The Balaban J connectivity index is 1.94. The summed E-state index contributed by atoms with van der Waals surface area (Å²) in [7, 11) is 1.68. The van der Waals surface area contributed by atoms with Crippen LogP contribution in [0.4, 0.5) is 5.95 Å². The Kier molecular flexibility index (Phi) is 3.08. The summed E-state index contributed by atoms with van der Waals surface area (Å²) in [6.07, 6.45) is 2.93. The molecule has 2 N–H and O–H groups in total. The Labute approximate surface area is 97.8 Å². The molecule has 0 saturated heterocycles. The molecule has 17 heavy (non-hydrogen) atoms. The van der Waals surface area contributed by atoms with E-state index >= 15 is 0 Å². The third kappa shape index (κ3) is 2.43. The summed E-state index contributed by atoms with van der Waals surface area (Å²) in [6.45, 7) is 0. The molecule has 0 radical (unpaired) electrons. The van der Waals surface area contributed by atoms with Crippen LogP contribution in [0.25, 0.3) is 0 Å². The van der Waals surface area contributed by atoms with Gasteiger partial charge in [-0.15, -0.1) is 0 Å². The summed E-state index contributed by atoms with van der Waals surface area (Å²) >= 11 is 0. The van der Waals surface area contributed by atoms with Crippen molar-refractivity contribution in [1.82, 2.24) is 14.8 Å². The number of amides is 1. The predicted molar refractivity (Wildman–Crippen MR) is 58.1 cm³/mol. The molecule has 7 heteroatoms. The number of aromatic nitrogens is 3. The largest absolute Gasteiger partial charge is 0.481 e. The molecular weight excluding hydrogens is 224 g/mol. The number of carbonyl (C=O) groups is 2. The highest BCUT2D eigenvalue weighted by atomic mass is 16.4. The van der Waals surface area contributed by atoms with E-state index in [9.17, 15) is 9.59 Å². The van der Waals surface area contributed by atoms with Crippen LogP contribution < -0.4 is 5.32 Å². The zero-order valence-electron chi connectivity index (χ0n) is 9.46. The smallest absolute Gasteiger partial charge is 0.306 e. The van der Waals surface area contributed by atoms with Crippen LogP contribution in [0.15, 0.2) is 6.33 Å². The summed E-state index contributed by atoms with van der Waals surface area (Å²) in [4.78, 5) is 26.5. The number of aliphatic carboxylic acids is 1. The van der Waals surface area contributed by atoms with Crippen LogP contribution in [0.2, 0.25) is 0 Å². The van der Waals surface area contributed by atoms with Crippen LogP contribution in [0.3, 0.4) is 0 Å². The number of rotatable bonds is 3. The van der Waals surface area contributed by atoms with Crippen molar-refractivity contribution >= 4 is 17.8 Å². The van der Waals surface area contributed by atoms with Crippen molar-refractivity contribution in [2.75, 3.05) is 5.32 Å². The van der Waals surface area contributed by atoms with Crippen LogP contribution in [0, 0.1) is 11.8 Å². The maximum absolute atomic E-state index is 11.8. The van der Waals surface area contributed by atoms with Crippen molar-refractivity contribution in [3.63, 3.8) is 0 Å². The molecule has 0 spiro atoms. The van der Waals surface area contributed by atoms with E-state index in [2.05, 4.69) is 15.4 Å². The quantitative estimate of drug-likeness (QED) is 0.787. The molecule has 1 heterocycles. The zero-order chi connectivity index (χ0) is 12.4. The van der Waals surface area contributed by atoms with E-state index in [-0.39, 0.29) is 11.8 Å². The van der Waals surface area contributed by atoms with Crippen LogP contribution in [0.5, 0.6) is 0 Å². The van der Waals surface area contributed by atoms with Gasteiger partial charge in [0.1, 0.15) is 6.33 Å². The Hall–Kier alpha value is -1.92. The maximum atomic E-state index is 11.8. The van der Waals surface area contributed by atoms with Gasteiger partial charge in [0.05, 0.1) is 5.92 Å². The lowest BCUT2D eigenvalue weighted by Gasteiger charge is -2.09. The highest BCUT2D eigenvalue weighted by Gasteiger charge is 2.34. The van der Waals surface area contributed by atoms with Crippen LogP contribution in [-0.2, 0) is 16.6 Å². The summed E-state index contributed by atoms with van der Waals surface area (Å²) in [5.74, 6) is -1.25. The molecule has 2 unspecified atom stereocenters. The van der Waals surface area contributed by atoms with Crippen LogP contribution in [0.1, 0.15) is 19.3 Å². The second kappa shape index (κ2) is 4.52. The van der Waals surface area contributed by atoms with Crippen LogP contribution in [-0.4, -0.2) is 31.7 Å². The van der Waals surface area contributed by atoms with Gasteiger partial charge in [0, 0.05) is 13.0 Å². The van der Waals surface area contributed by atoms with Gasteiger partial charge in [-0.2, -0.15) is 10.1 Å². The van der Waals surface area contributed by atoms with E-state index in [1.807, 2.05) is 0 Å². The fourth-order valence-corrected chi connectivity index (χ4v) is 2.07. The van der Waals surface area contributed by atoms with Gasteiger partial charge in [-0.1, -0.05) is 0 Å². The normalized spacial score (nSPS) is 23.6. The summed E-state index contributed by atoms with van der Waals surface area (Å²) in [5.41, 5.74) is 0. The number of aryl methyl sites for hydroxylation is 1. The molecule has 2 atom stereocenters. The first-order chi connectivity index (χ1) is 8.08. The molecule has 1 aliphatic carbocycles. The highest BCUT2D eigenvalue weighted by molar-refractivity contribution is 5.91. The minimum absolute atomic E-state index is 0.176. The monoisotopic (exact) mass is 238 g/mol. The van der Waals surface area contributed by atoms with Crippen molar-refractivity contribution < 1.29 is 14.7 Å². The van der Waals surface area contributed by atoms with E-state index in [0.717, 1.165) is 0 Å². The number of hydrogen-bond acceptors (Lipinski definition) is 4. The Morgan fingerprint density at radius 1 is 1.47 bits per heavy atom. The van der Waals surface area contributed by atoms with Gasteiger partial charge in [0.25, 0.3) is 0 Å². The van der Waals surface area contributed by atoms with Gasteiger partial charge >= 0.3 is 5.97 Å². The number of anilines is 1. The third-order valence-corrected chi connectivity index (χ3v) is 3.10. The first kappa shape index (κ1) is 11.6. The summed E-state index contributed by atoms with van der Waals surface area (Å²) in [5, 5.41) is 15.3. The molecule has 1 amide bonds. The number of nitrogens with one attached hydrogen (secondary N) is 1. The topological polar surface area (TPSA) is 97.1 Å². The lowest BCUT2D eigenvalue weighted by molar-refractivity contribution is -0.141. The van der Waals surface area contributed by atoms with Gasteiger partial charge in [0.15, 0.2) is 0 Å². The molecule has 0 bridgehead atoms. The van der Waals surface area contributed by atoms with Crippen molar-refractivity contribution in [3.05, 3.63) is 6.33 Å². The van der Waals surface area contributed by atoms with E-state index in [4.69, 9.17) is 5.11 Å². The molecule has 1 fully saturated rings. The fraction of sp³-hybridized carbons (Fsp3) is 0.600. The van der Waals surface area contributed by atoms with Crippen molar-refractivity contribution in [2.45, 2.75) is 19.3 Å². The van der Waals surface area contributed by atoms with Gasteiger partial charge in [-0.05, 0) is 19.3 Å². The molecule has 1 aromatic heterocycles. The Morgan fingerprint density at radius 2 is 2.18 bits per heavy atom. The molecule has 0 aliphatic heterocycles. The van der Waals surface area contributed by atoms with Gasteiger partial charge in [-0.3, -0.25) is 14.9 Å². The van der Waals surface area contributed by atoms with Crippen molar-refractivity contribution in [3.8, 4) is 0 Å². The van der Waals surface area contributed by atoms with Crippen LogP contribution >= 0.6 is 0 Å². The highest BCUT2D eigenvalue weighted by Crippen LogP contribution is 2.31. The van der Waals surface area contributed by atoms with E-state index in [1.165, 1.54) is 11.0 Å². The molecular formula is C10H14N4O3. The molecule has 2 rings (SSSR count). The van der Waals surface area contributed by atoms with Crippen molar-refractivity contribution in [2.24, 2.45) is 18.9 Å². The minimum Gasteiger partial charge on any atom is -0.481 e. The average Bonchev–Trinajstić information content (AvgIpc) is 2.88. The van der Waals surface area contributed by atoms with Gasteiger partial charge in [0.2, 0.25) is 11.9 Å². The lowest BCUT2D eigenvalue weighted by atomic mass is 10.0. The Bertz CT molecular complexity index is 443. The van der Waals surface area contributed by atoms with Gasteiger partial charge < -0.3 is 5.11 Å². The number of hydrogen-bond donors (Lipinski definition) is 2. The standard InChI is InChI=1S/C10H14N4O3/c1-14-10(11-5-12-14)13-8(15)6-2-3-7(4-6)9(16)17/h5-7H,2-4H2,1H3,(H,16,17)(H,11,12,13,15). The Morgan fingerprint density at radius 3 is 2.71 bits per heavy atom. The molecule has 1 aromatic rings. The molecule has 92 valence electrons. The first-order valence-electron chi connectivity index (χ1n) is 5.45. The van der Waals surface area contributed by atoms with E-state index in [0.29, 0.717) is 25.2 Å². The van der Waals surface area contributed by atoms with Crippen molar-refractivity contribution in [1.29, 1.82) is 0 Å². The first-order valence-corrected chi connectivity index (χ1v) is 5.45. The van der Waals surface area contributed by atoms with E-state index < -0.39 is 11.9 Å². The average molecular weight is 238 g/mol. The summed E-state index contributed by atoms with van der Waals surface area (Å²) < 4.78 is 1.46. The zero-order valence-corrected chi connectivity index (χ0v) is 9.46. The molecule has 7 nitrogen and oxygen atoms in total. The number of carboxylic acids is 1. The molecule has 1 aliphatic rings.